The van der Waals surface area contributed by atoms with E-state index in [1.54, 1.807) is 71.4 Å². The predicted molar refractivity (Wildman–Crippen MR) is 155 cm³/mol. The molecule has 0 aliphatic rings. The van der Waals surface area contributed by atoms with Crippen molar-refractivity contribution in [1.29, 1.82) is 0 Å². The highest BCUT2D eigenvalue weighted by molar-refractivity contribution is 6.13. The number of phenolic OH excluding ortho intramolecular Hbond substituents is 1. The molecule has 40 heavy (non-hydrogen) atoms. The minimum atomic E-state index is -0.378. The summed E-state index contributed by atoms with van der Waals surface area (Å²) in [5.74, 6) is -0.567. The lowest BCUT2D eigenvalue weighted by molar-refractivity contribution is 0.100. The number of ketones is 1. The van der Waals surface area contributed by atoms with Crippen LogP contribution in [0.3, 0.4) is 0 Å². The summed E-state index contributed by atoms with van der Waals surface area (Å²) in [6, 6.07) is 20.0. The maximum Gasteiger partial charge on any atom is 0.273 e. The number of aromatic nitrogens is 3. The molecule has 0 radical (unpaired) electrons. The van der Waals surface area contributed by atoms with Gasteiger partial charge >= 0.3 is 0 Å². The van der Waals surface area contributed by atoms with Gasteiger partial charge in [0.2, 0.25) is 0 Å². The second kappa shape index (κ2) is 10.2. The van der Waals surface area contributed by atoms with Gasteiger partial charge in [-0.05, 0) is 76.2 Å². The summed E-state index contributed by atoms with van der Waals surface area (Å²) in [6.07, 6.45) is 1.48. The van der Waals surface area contributed by atoms with Crippen LogP contribution in [0.25, 0.3) is 10.9 Å². The third kappa shape index (κ3) is 5.35. The highest BCUT2D eigenvalue weighted by atomic mass is 16.3. The third-order valence-corrected chi connectivity index (χ3v) is 6.33. The van der Waals surface area contributed by atoms with Crippen molar-refractivity contribution in [3.05, 3.63) is 101 Å². The summed E-state index contributed by atoms with van der Waals surface area (Å²) >= 11 is 0. The topological polar surface area (TPSA) is 133 Å². The van der Waals surface area contributed by atoms with Crippen LogP contribution >= 0.6 is 0 Å². The Morgan fingerprint density at radius 3 is 2.48 bits per heavy atom. The fourth-order valence-corrected chi connectivity index (χ4v) is 4.46. The number of carbonyl (C=O) groups excluding carboxylic acids is 2. The van der Waals surface area contributed by atoms with Crippen molar-refractivity contribution in [2.24, 2.45) is 4.99 Å². The van der Waals surface area contributed by atoms with Crippen molar-refractivity contribution < 1.29 is 19.8 Å². The van der Waals surface area contributed by atoms with Gasteiger partial charge in [-0.2, -0.15) is 5.10 Å². The van der Waals surface area contributed by atoms with Crippen molar-refractivity contribution in [2.45, 2.75) is 33.2 Å². The number of aromatic hydroxyl groups is 2. The normalized spacial score (nSPS) is 11.8. The number of fused-ring (bicyclic) bond motifs is 1. The molecule has 1 amide bonds. The summed E-state index contributed by atoms with van der Waals surface area (Å²) in [7, 11) is 0. The highest BCUT2D eigenvalue weighted by Gasteiger charge is 2.23. The molecule has 0 fully saturated rings. The van der Waals surface area contributed by atoms with Gasteiger partial charge in [0.1, 0.15) is 11.4 Å². The van der Waals surface area contributed by atoms with E-state index < -0.39 is 0 Å². The van der Waals surface area contributed by atoms with Gasteiger partial charge in [-0.1, -0.05) is 18.2 Å². The van der Waals surface area contributed by atoms with Crippen LogP contribution in [0.1, 0.15) is 58.4 Å². The monoisotopic (exact) mass is 535 g/mol. The van der Waals surface area contributed by atoms with Crippen molar-refractivity contribution in [3.8, 4) is 11.6 Å². The largest absolute Gasteiger partial charge is 0.508 e. The number of hydrogen-bond acceptors (Lipinski definition) is 6. The van der Waals surface area contributed by atoms with Crippen LogP contribution in [0.4, 0.5) is 11.4 Å². The molecule has 5 rings (SSSR count). The first kappa shape index (κ1) is 26.4. The third-order valence-electron chi connectivity index (χ3n) is 6.33. The Bertz CT molecular complexity index is 1790. The SMILES string of the molecule is Cc1cc(C(=O)Nc2cccc(C(=O)c3ccc4[nH]c(O)c(C=Nc5cccc(O)c5)c4c3)c2)n(C(C)(C)C)n1. The van der Waals surface area contributed by atoms with Gasteiger partial charge in [-0.15, -0.1) is 0 Å². The van der Waals surface area contributed by atoms with Crippen LogP contribution in [0.5, 0.6) is 11.6 Å². The fourth-order valence-electron chi connectivity index (χ4n) is 4.46. The summed E-state index contributed by atoms with van der Waals surface area (Å²) in [4.78, 5) is 33.8. The van der Waals surface area contributed by atoms with Crippen molar-refractivity contribution in [1.82, 2.24) is 14.8 Å². The smallest absolute Gasteiger partial charge is 0.273 e. The van der Waals surface area contributed by atoms with Crippen LogP contribution in [0.15, 0.2) is 77.8 Å². The number of phenols is 1. The van der Waals surface area contributed by atoms with Crippen LogP contribution in [-0.4, -0.2) is 42.9 Å². The number of carbonyl (C=O) groups is 2. The molecule has 0 atom stereocenters. The number of aryl methyl sites for hydroxylation is 1. The number of hydrogen-bond donors (Lipinski definition) is 4. The zero-order chi connectivity index (χ0) is 28.6. The van der Waals surface area contributed by atoms with Crippen molar-refractivity contribution in [2.75, 3.05) is 5.32 Å². The number of H-pyrrole nitrogens is 1. The lowest BCUT2D eigenvalue weighted by Gasteiger charge is -2.22. The van der Waals surface area contributed by atoms with Gasteiger partial charge in [-0.25, -0.2) is 0 Å². The maximum absolute atomic E-state index is 13.5. The highest BCUT2D eigenvalue weighted by Crippen LogP contribution is 2.29. The Hall–Kier alpha value is -5.18. The number of aliphatic imine (C=N–C) groups is 1. The van der Waals surface area contributed by atoms with Gasteiger partial charge < -0.3 is 20.5 Å². The molecule has 5 aromatic rings. The zero-order valence-electron chi connectivity index (χ0n) is 22.6. The van der Waals surface area contributed by atoms with E-state index in [9.17, 15) is 19.8 Å². The van der Waals surface area contributed by atoms with Gasteiger partial charge in [0.05, 0.1) is 22.5 Å². The molecule has 0 saturated carbocycles. The first-order chi connectivity index (χ1) is 19.0. The van der Waals surface area contributed by atoms with Gasteiger partial charge in [0, 0.05) is 40.0 Å². The first-order valence-corrected chi connectivity index (χ1v) is 12.7. The quantitative estimate of drug-likeness (QED) is 0.155. The zero-order valence-corrected chi connectivity index (χ0v) is 22.6. The number of nitrogens with one attached hydrogen (secondary N) is 2. The lowest BCUT2D eigenvalue weighted by Crippen LogP contribution is -2.29. The van der Waals surface area contributed by atoms with E-state index in [4.69, 9.17) is 0 Å². The van der Waals surface area contributed by atoms with Crippen molar-refractivity contribution >= 4 is 40.2 Å². The van der Waals surface area contributed by atoms with E-state index >= 15 is 0 Å². The Kier molecular flexibility index (Phi) is 6.73. The molecule has 0 aliphatic carbocycles. The number of anilines is 1. The summed E-state index contributed by atoms with van der Waals surface area (Å²) in [6.45, 7) is 7.75. The Morgan fingerprint density at radius 1 is 0.975 bits per heavy atom. The van der Waals surface area contributed by atoms with Crippen LogP contribution in [-0.2, 0) is 5.54 Å². The molecule has 2 heterocycles. The Labute approximate surface area is 230 Å². The Morgan fingerprint density at radius 2 is 1.73 bits per heavy atom. The van der Waals surface area contributed by atoms with E-state index in [2.05, 4.69) is 20.4 Å². The molecule has 0 saturated heterocycles. The molecule has 0 spiro atoms. The Balaban J connectivity index is 1.42. The van der Waals surface area contributed by atoms with E-state index in [0.717, 1.165) is 5.69 Å². The van der Waals surface area contributed by atoms with Crippen LogP contribution in [0, 0.1) is 6.92 Å². The molecule has 2 aromatic heterocycles. The number of benzene rings is 3. The molecule has 9 heteroatoms. The standard InChI is InChI=1S/C31H29N5O4/c1-18-13-27(36(35-18)31(2,3)4)30(40)33-22-9-5-7-19(14-22)28(38)20-11-12-26-24(15-20)25(29(39)34-26)17-32-21-8-6-10-23(37)16-21/h5-17,34,37,39H,1-4H3,(H,33,40). The van der Waals surface area contributed by atoms with Crippen LogP contribution < -0.4 is 5.32 Å². The first-order valence-electron chi connectivity index (χ1n) is 12.7. The molecular weight excluding hydrogens is 506 g/mol. The minimum Gasteiger partial charge on any atom is -0.508 e. The predicted octanol–water partition coefficient (Wildman–Crippen LogP) is 6.07. The summed E-state index contributed by atoms with van der Waals surface area (Å²) in [5.41, 5.74) is 3.64. The fraction of sp³-hybridized carbons (Fsp3) is 0.161. The average molecular weight is 536 g/mol. The van der Waals surface area contributed by atoms with Gasteiger partial charge in [-0.3, -0.25) is 19.3 Å². The van der Waals surface area contributed by atoms with Gasteiger partial charge in [0.15, 0.2) is 11.7 Å². The second-order valence-electron chi connectivity index (χ2n) is 10.5. The number of rotatable bonds is 6. The summed E-state index contributed by atoms with van der Waals surface area (Å²) < 4.78 is 1.69. The van der Waals surface area contributed by atoms with E-state index in [-0.39, 0.29) is 28.9 Å². The molecule has 4 N–H and O–H groups in total. The van der Waals surface area contributed by atoms with E-state index in [0.29, 0.717) is 44.7 Å². The number of nitrogens with zero attached hydrogens (tertiary/aromatic N) is 3. The minimum absolute atomic E-state index is 0.0824. The van der Waals surface area contributed by atoms with Crippen LogP contribution in [0.2, 0.25) is 0 Å². The summed E-state index contributed by atoms with van der Waals surface area (Å²) in [5, 5.41) is 28.1. The molecule has 3 aromatic carbocycles. The average Bonchev–Trinajstić information content (AvgIpc) is 3.46. The number of aromatic amines is 1. The molecule has 0 unspecified atom stereocenters. The van der Waals surface area contributed by atoms with E-state index in [1.807, 2.05) is 27.7 Å². The second-order valence-corrected chi connectivity index (χ2v) is 10.5. The molecule has 202 valence electrons. The molecule has 0 bridgehead atoms. The lowest BCUT2D eigenvalue weighted by atomic mass is 10.0. The molecule has 9 nitrogen and oxygen atoms in total. The molecular formula is C31H29N5O4. The maximum atomic E-state index is 13.5. The van der Waals surface area contributed by atoms with Crippen molar-refractivity contribution in [3.63, 3.8) is 0 Å². The van der Waals surface area contributed by atoms with E-state index in [1.165, 1.54) is 12.3 Å². The van der Waals surface area contributed by atoms with Gasteiger partial charge in [0.25, 0.3) is 5.91 Å². The molecule has 0 aliphatic heterocycles. The number of amides is 1.